The minimum atomic E-state index is -0.547. The van der Waals surface area contributed by atoms with Gasteiger partial charge in [-0.05, 0) is 48.0 Å². The summed E-state index contributed by atoms with van der Waals surface area (Å²) in [6.45, 7) is -0.303. The van der Waals surface area contributed by atoms with Crippen LogP contribution in [0.4, 0.5) is 15.8 Å². The van der Waals surface area contributed by atoms with Crippen LogP contribution in [0, 0.1) is 15.9 Å². The van der Waals surface area contributed by atoms with E-state index in [-0.39, 0.29) is 24.3 Å². The van der Waals surface area contributed by atoms with Gasteiger partial charge in [0.1, 0.15) is 5.82 Å². The minimum Gasteiger partial charge on any atom is -0.493 e. The molecule has 3 aromatic rings. The van der Waals surface area contributed by atoms with Gasteiger partial charge in [0, 0.05) is 17.3 Å². The number of nitro benzene ring substituents is 1. The van der Waals surface area contributed by atoms with Crippen LogP contribution in [-0.4, -0.2) is 36.7 Å². The first-order valence-corrected chi connectivity index (χ1v) is 10.3. The van der Waals surface area contributed by atoms with Crippen molar-refractivity contribution in [2.24, 2.45) is 5.10 Å². The third-order valence-corrected chi connectivity index (χ3v) is 4.62. The molecule has 11 heteroatoms. The van der Waals surface area contributed by atoms with E-state index in [2.05, 4.69) is 15.8 Å². The molecule has 10 nitrogen and oxygen atoms in total. The first kappa shape index (κ1) is 24.8. The van der Waals surface area contributed by atoms with E-state index in [1.807, 2.05) is 0 Å². The first-order valence-electron chi connectivity index (χ1n) is 10.3. The summed E-state index contributed by atoms with van der Waals surface area (Å²) in [4.78, 5) is 34.7. The number of hydrazone groups is 1. The Morgan fingerprint density at radius 3 is 2.51 bits per heavy atom. The van der Waals surface area contributed by atoms with E-state index in [4.69, 9.17) is 9.47 Å². The number of amides is 2. The number of para-hydroxylation sites is 1. The number of rotatable bonds is 10. The van der Waals surface area contributed by atoms with Crippen molar-refractivity contribution >= 4 is 29.4 Å². The lowest BCUT2D eigenvalue weighted by Gasteiger charge is -2.11. The van der Waals surface area contributed by atoms with Crippen LogP contribution in [0.3, 0.4) is 0 Å². The quantitative estimate of drug-likeness (QED) is 0.260. The van der Waals surface area contributed by atoms with E-state index < -0.39 is 22.6 Å². The summed E-state index contributed by atoms with van der Waals surface area (Å²) in [5, 5.41) is 17.5. The molecular formula is C24H21FN4O6. The fraction of sp³-hybridized carbons (Fsp3) is 0.125. The molecule has 0 atom stereocenters. The van der Waals surface area contributed by atoms with Crippen molar-refractivity contribution in [2.75, 3.05) is 19.0 Å². The zero-order valence-electron chi connectivity index (χ0n) is 18.6. The van der Waals surface area contributed by atoms with Crippen molar-refractivity contribution in [1.82, 2.24) is 5.43 Å². The molecule has 0 aliphatic rings. The predicted molar refractivity (Wildman–Crippen MR) is 126 cm³/mol. The summed E-state index contributed by atoms with van der Waals surface area (Å²) in [5.74, 6) is -0.734. The van der Waals surface area contributed by atoms with Crippen LogP contribution in [0.15, 0.2) is 71.8 Å². The van der Waals surface area contributed by atoms with Crippen LogP contribution in [0.5, 0.6) is 11.5 Å². The summed E-state index contributed by atoms with van der Waals surface area (Å²) < 4.78 is 23.7. The Hall–Kier alpha value is -4.80. The van der Waals surface area contributed by atoms with Crippen LogP contribution in [0.25, 0.3) is 0 Å². The zero-order chi connectivity index (χ0) is 25.2. The standard InChI is InChI=1S/C24H21FN4O6/c1-34-22-12-16(14-26-28-23(30)13-17-4-2-3-5-20(17)29(32)33)6-11-21(22)35-15-24(31)27-19-9-7-18(25)8-10-19/h2-12,14H,13,15H2,1H3,(H,27,31)(H,28,30)/b26-14+. The summed E-state index contributed by atoms with van der Waals surface area (Å²) in [6.07, 6.45) is 1.16. The number of benzene rings is 3. The number of methoxy groups -OCH3 is 1. The molecule has 0 unspecified atom stereocenters. The highest BCUT2D eigenvalue weighted by molar-refractivity contribution is 5.92. The number of carbonyl (C=O) groups is 2. The second-order valence-electron chi connectivity index (χ2n) is 7.11. The van der Waals surface area contributed by atoms with E-state index in [1.165, 1.54) is 55.8 Å². The Balaban J connectivity index is 1.54. The van der Waals surface area contributed by atoms with Gasteiger partial charge in [-0.3, -0.25) is 19.7 Å². The fourth-order valence-electron chi connectivity index (χ4n) is 2.99. The number of anilines is 1. The third-order valence-electron chi connectivity index (χ3n) is 4.62. The molecular weight excluding hydrogens is 459 g/mol. The Morgan fingerprint density at radius 1 is 1.06 bits per heavy atom. The molecule has 0 aliphatic heterocycles. The molecule has 0 radical (unpaired) electrons. The van der Waals surface area contributed by atoms with Gasteiger partial charge in [-0.25, -0.2) is 9.82 Å². The summed E-state index contributed by atoms with van der Waals surface area (Å²) >= 11 is 0. The van der Waals surface area contributed by atoms with Crippen molar-refractivity contribution in [1.29, 1.82) is 0 Å². The zero-order valence-corrected chi connectivity index (χ0v) is 18.6. The molecule has 0 saturated heterocycles. The average molecular weight is 480 g/mol. The smallest absolute Gasteiger partial charge is 0.273 e. The molecule has 2 amide bonds. The maximum atomic E-state index is 13.0. The molecule has 180 valence electrons. The topological polar surface area (TPSA) is 132 Å². The third kappa shape index (κ3) is 7.35. The molecule has 0 heterocycles. The second-order valence-corrected chi connectivity index (χ2v) is 7.11. The Bertz CT molecular complexity index is 1250. The van der Waals surface area contributed by atoms with Gasteiger partial charge in [0.25, 0.3) is 11.6 Å². The highest BCUT2D eigenvalue weighted by Crippen LogP contribution is 2.27. The number of ether oxygens (including phenoxy) is 2. The van der Waals surface area contributed by atoms with Crippen molar-refractivity contribution in [3.63, 3.8) is 0 Å². The van der Waals surface area contributed by atoms with E-state index in [0.29, 0.717) is 22.7 Å². The van der Waals surface area contributed by atoms with Crippen molar-refractivity contribution < 1.29 is 28.4 Å². The fourth-order valence-corrected chi connectivity index (χ4v) is 2.99. The van der Waals surface area contributed by atoms with E-state index in [1.54, 1.807) is 24.3 Å². The molecule has 2 N–H and O–H groups in total. The summed E-state index contributed by atoms with van der Waals surface area (Å²) in [7, 11) is 1.43. The van der Waals surface area contributed by atoms with E-state index in [9.17, 15) is 24.1 Å². The number of nitrogens with one attached hydrogen (secondary N) is 2. The van der Waals surface area contributed by atoms with Crippen LogP contribution in [0.2, 0.25) is 0 Å². The summed E-state index contributed by atoms with van der Waals surface area (Å²) in [6, 6.07) is 16.1. The van der Waals surface area contributed by atoms with Crippen LogP contribution in [0.1, 0.15) is 11.1 Å². The molecule has 0 aromatic heterocycles. The number of hydrogen-bond donors (Lipinski definition) is 2. The SMILES string of the molecule is COc1cc(/C=N/NC(=O)Cc2ccccc2[N+](=O)[O-])ccc1OCC(=O)Nc1ccc(F)cc1. The molecule has 35 heavy (non-hydrogen) atoms. The van der Waals surface area contributed by atoms with E-state index >= 15 is 0 Å². The number of nitrogens with zero attached hydrogens (tertiary/aromatic N) is 2. The van der Waals surface area contributed by atoms with Crippen molar-refractivity contribution in [3.8, 4) is 11.5 Å². The van der Waals surface area contributed by atoms with Crippen LogP contribution in [-0.2, 0) is 16.0 Å². The number of hydrogen-bond acceptors (Lipinski definition) is 7. The maximum Gasteiger partial charge on any atom is 0.273 e. The first-order chi connectivity index (χ1) is 16.9. The largest absolute Gasteiger partial charge is 0.493 e. The lowest BCUT2D eigenvalue weighted by atomic mass is 10.1. The van der Waals surface area contributed by atoms with Gasteiger partial charge in [-0.15, -0.1) is 0 Å². The highest BCUT2D eigenvalue weighted by atomic mass is 19.1. The lowest BCUT2D eigenvalue weighted by Crippen LogP contribution is -2.20. The van der Waals surface area contributed by atoms with Gasteiger partial charge in [0.2, 0.25) is 5.91 Å². The Morgan fingerprint density at radius 2 is 1.80 bits per heavy atom. The number of carbonyl (C=O) groups excluding carboxylic acids is 2. The van der Waals surface area contributed by atoms with E-state index in [0.717, 1.165) is 0 Å². The van der Waals surface area contributed by atoms with Crippen molar-refractivity contribution in [2.45, 2.75) is 6.42 Å². The average Bonchev–Trinajstić information content (AvgIpc) is 2.84. The molecule has 3 aromatic carbocycles. The Kier molecular flexibility index (Phi) is 8.43. The molecule has 0 spiro atoms. The van der Waals surface area contributed by atoms with Gasteiger partial charge in [-0.1, -0.05) is 18.2 Å². The van der Waals surface area contributed by atoms with Gasteiger partial charge in [-0.2, -0.15) is 5.10 Å². The van der Waals surface area contributed by atoms with Gasteiger partial charge in [0.05, 0.1) is 24.7 Å². The molecule has 3 rings (SSSR count). The van der Waals surface area contributed by atoms with Gasteiger partial charge in [0.15, 0.2) is 18.1 Å². The second kappa shape index (κ2) is 11.9. The van der Waals surface area contributed by atoms with Crippen LogP contribution >= 0.6 is 0 Å². The predicted octanol–water partition coefficient (Wildman–Crippen LogP) is 3.45. The molecule has 0 saturated carbocycles. The minimum absolute atomic E-state index is 0.140. The molecule has 0 aliphatic carbocycles. The number of halogens is 1. The normalized spacial score (nSPS) is 10.6. The molecule has 0 bridgehead atoms. The summed E-state index contributed by atoms with van der Waals surface area (Å²) in [5.41, 5.74) is 3.46. The lowest BCUT2D eigenvalue weighted by molar-refractivity contribution is -0.385. The van der Waals surface area contributed by atoms with Crippen molar-refractivity contribution in [3.05, 3.63) is 93.8 Å². The highest BCUT2D eigenvalue weighted by Gasteiger charge is 2.15. The number of nitro groups is 1. The van der Waals surface area contributed by atoms with Gasteiger partial charge < -0.3 is 14.8 Å². The maximum absolute atomic E-state index is 13.0. The Labute approximate surface area is 199 Å². The van der Waals surface area contributed by atoms with Gasteiger partial charge >= 0.3 is 0 Å². The molecule has 0 fully saturated rings. The van der Waals surface area contributed by atoms with Crippen LogP contribution < -0.4 is 20.2 Å². The monoisotopic (exact) mass is 480 g/mol.